The van der Waals surface area contributed by atoms with Gasteiger partial charge in [-0.25, -0.2) is 0 Å². The maximum atomic E-state index is 13.5. The minimum absolute atomic E-state index is 0.0871. The molecule has 3 aromatic rings. The van der Waals surface area contributed by atoms with Crippen LogP contribution in [0.5, 0.6) is 17.2 Å². The van der Waals surface area contributed by atoms with Crippen molar-refractivity contribution in [2.24, 2.45) is 0 Å². The van der Waals surface area contributed by atoms with E-state index in [-0.39, 0.29) is 30.6 Å². The molecule has 2 aliphatic rings. The fraction of sp³-hybridized carbons (Fsp3) is 0.167. The Balaban J connectivity index is 1.70. The third-order valence-corrected chi connectivity index (χ3v) is 4.95. The van der Waals surface area contributed by atoms with Crippen molar-refractivity contribution in [3.63, 3.8) is 0 Å². The van der Waals surface area contributed by atoms with E-state index < -0.39 is 5.41 Å². The summed E-state index contributed by atoms with van der Waals surface area (Å²) in [5, 5.41) is 23.5. The molecule has 2 aliphatic heterocycles. The predicted octanol–water partition coefficient (Wildman–Crippen LogP) is 1.71. The van der Waals surface area contributed by atoms with Crippen LogP contribution in [0.2, 0.25) is 0 Å². The number of carbonyl (C=O) groups excluding carboxylic acids is 1. The number of phenolic OH excluding ortho intramolecular Hbond substituents is 2. The van der Waals surface area contributed by atoms with Crippen molar-refractivity contribution in [2.45, 2.75) is 12.0 Å². The number of phenols is 2. The van der Waals surface area contributed by atoms with Gasteiger partial charge in [0, 0.05) is 17.3 Å². The molecule has 0 aliphatic carbocycles. The number of amides is 1. The summed E-state index contributed by atoms with van der Waals surface area (Å²) < 4.78 is 10.5. The molecule has 1 unspecified atom stereocenters. The highest BCUT2D eigenvalue weighted by Gasteiger charge is 2.57. The highest BCUT2D eigenvalue weighted by atomic mass is 16.5. The van der Waals surface area contributed by atoms with Gasteiger partial charge in [0.25, 0.3) is 0 Å². The van der Waals surface area contributed by atoms with Crippen molar-refractivity contribution in [1.29, 1.82) is 0 Å². The Morgan fingerprint density at radius 3 is 2.77 bits per heavy atom. The van der Waals surface area contributed by atoms with Gasteiger partial charge in [0.05, 0.1) is 6.54 Å². The van der Waals surface area contributed by atoms with Crippen LogP contribution in [0, 0.1) is 0 Å². The maximum absolute atomic E-state index is 13.5. The highest BCUT2D eigenvalue weighted by molar-refractivity contribution is 6.11. The topological polar surface area (TPSA) is 109 Å². The molecule has 1 amide bonds. The SMILES string of the molecule is O=C1N(Cc2ncon2)c2ccccc2C12COc1cc(O)c(O)cc12. The lowest BCUT2D eigenvalue weighted by atomic mass is 9.77. The van der Waals surface area contributed by atoms with Crippen molar-refractivity contribution < 1.29 is 24.3 Å². The van der Waals surface area contributed by atoms with Gasteiger partial charge < -0.3 is 24.4 Å². The fourth-order valence-electron chi connectivity index (χ4n) is 3.76. The van der Waals surface area contributed by atoms with E-state index >= 15 is 0 Å². The molecule has 0 fully saturated rings. The number of rotatable bonds is 2. The number of hydrogen-bond acceptors (Lipinski definition) is 7. The minimum Gasteiger partial charge on any atom is -0.504 e. The first-order valence-corrected chi connectivity index (χ1v) is 7.97. The smallest absolute Gasteiger partial charge is 0.246 e. The Morgan fingerprint density at radius 2 is 1.96 bits per heavy atom. The van der Waals surface area contributed by atoms with Crippen LogP contribution in [0.3, 0.4) is 0 Å². The van der Waals surface area contributed by atoms with E-state index in [9.17, 15) is 15.0 Å². The largest absolute Gasteiger partial charge is 0.504 e. The van der Waals surface area contributed by atoms with Crippen molar-refractivity contribution in [3.05, 3.63) is 59.7 Å². The summed E-state index contributed by atoms with van der Waals surface area (Å²) in [6.45, 7) is 0.247. The van der Waals surface area contributed by atoms with E-state index in [0.29, 0.717) is 17.1 Å². The summed E-state index contributed by atoms with van der Waals surface area (Å²) in [6.07, 6.45) is 1.21. The van der Waals surface area contributed by atoms with Gasteiger partial charge in [-0.05, 0) is 17.7 Å². The molecule has 0 radical (unpaired) electrons. The van der Waals surface area contributed by atoms with E-state index in [0.717, 1.165) is 11.3 Å². The Morgan fingerprint density at radius 1 is 1.15 bits per heavy atom. The molecule has 8 heteroatoms. The van der Waals surface area contributed by atoms with E-state index in [1.54, 1.807) is 4.90 Å². The van der Waals surface area contributed by atoms with Gasteiger partial charge in [-0.1, -0.05) is 23.4 Å². The Hall–Kier alpha value is -3.55. The predicted molar refractivity (Wildman–Crippen MR) is 88.0 cm³/mol. The molecular formula is C18H13N3O5. The normalized spacial score (nSPS) is 20.3. The summed E-state index contributed by atoms with van der Waals surface area (Å²) in [4.78, 5) is 19.1. The summed E-state index contributed by atoms with van der Waals surface area (Å²) in [6, 6.07) is 10.1. The lowest BCUT2D eigenvalue weighted by molar-refractivity contribution is -0.122. The highest BCUT2D eigenvalue weighted by Crippen LogP contribution is 2.54. The number of hydrogen-bond donors (Lipinski definition) is 2. The van der Waals surface area contributed by atoms with Crippen LogP contribution in [0.1, 0.15) is 17.0 Å². The first-order chi connectivity index (χ1) is 12.6. The molecule has 1 aromatic heterocycles. The van der Waals surface area contributed by atoms with E-state index in [1.165, 1.54) is 18.5 Å². The third-order valence-electron chi connectivity index (χ3n) is 4.95. The van der Waals surface area contributed by atoms with Crippen molar-refractivity contribution >= 4 is 11.6 Å². The molecule has 1 spiro atoms. The lowest BCUT2D eigenvalue weighted by Crippen LogP contribution is -2.42. The van der Waals surface area contributed by atoms with Crippen LogP contribution in [0.15, 0.2) is 47.3 Å². The fourth-order valence-corrected chi connectivity index (χ4v) is 3.76. The third kappa shape index (κ3) is 1.75. The second-order valence-electron chi connectivity index (χ2n) is 6.29. The number of carbonyl (C=O) groups is 1. The zero-order chi connectivity index (χ0) is 17.9. The number of aromatic nitrogens is 2. The van der Waals surface area contributed by atoms with Crippen molar-refractivity contribution in [2.75, 3.05) is 11.5 Å². The number of nitrogens with zero attached hydrogens (tertiary/aromatic N) is 3. The van der Waals surface area contributed by atoms with Crippen LogP contribution in [-0.2, 0) is 16.8 Å². The molecule has 3 heterocycles. The molecule has 130 valence electrons. The number of benzene rings is 2. The van der Waals surface area contributed by atoms with Crippen LogP contribution in [0.25, 0.3) is 0 Å². The first kappa shape index (κ1) is 14.8. The van der Waals surface area contributed by atoms with Gasteiger partial charge in [0.15, 0.2) is 17.3 Å². The average molecular weight is 351 g/mol. The molecule has 26 heavy (non-hydrogen) atoms. The molecule has 2 N–H and O–H groups in total. The number of anilines is 1. The molecule has 0 bridgehead atoms. The second-order valence-corrected chi connectivity index (χ2v) is 6.29. The molecule has 2 aromatic carbocycles. The molecule has 0 saturated carbocycles. The van der Waals surface area contributed by atoms with Crippen molar-refractivity contribution in [1.82, 2.24) is 10.1 Å². The summed E-state index contributed by atoms with van der Waals surface area (Å²) in [7, 11) is 0. The first-order valence-electron chi connectivity index (χ1n) is 7.97. The van der Waals surface area contributed by atoms with Gasteiger partial charge in [0.2, 0.25) is 12.3 Å². The zero-order valence-corrected chi connectivity index (χ0v) is 13.4. The van der Waals surface area contributed by atoms with Gasteiger partial charge >= 0.3 is 0 Å². The summed E-state index contributed by atoms with van der Waals surface area (Å²) in [5.41, 5.74) is 0.949. The molecule has 5 rings (SSSR count). The number of aromatic hydroxyl groups is 2. The monoisotopic (exact) mass is 351 g/mol. The van der Waals surface area contributed by atoms with Gasteiger partial charge in [-0.2, -0.15) is 4.98 Å². The number of para-hydroxylation sites is 1. The lowest BCUT2D eigenvalue weighted by Gasteiger charge is -2.22. The van der Waals surface area contributed by atoms with E-state index in [1.807, 2.05) is 24.3 Å². The van der Waals surface area contributed by atoms with Crippen LogP contribution in [-0.4, -0.2) is 32.9 Å². The van der Waals surface area contributed by atoms with Gasteiger partial charge in [0.1, 0.15) is 17.8 Å². The van der Waals surface area contributed by atoms with E-state index in [2.05, 4.69) is 10.1 Å². The molecule has 1 atom stereocenters. The Bertz CT molecular complexity index is 1030. The molecular weight excluding hydrogens is 338 g/mol. The van der Waals surface area contributed by atoms with Gasteiger partial charge in [-0.15, -0.1) is 0 Å². The van der Waals surface area contributed by atoms with Gasteiger partial charge in [-0.3, -0.25) is 4.79 Å². The summed E-state index contributed by atoms with van der Waals surface area (Å²) >= 11 is 0. The van der Waals surface area contributed by atoms with E-state index in [4.69, 9.17) is 9.26 Å². The quantitative estimate of drug-likeness (QED) is 0.676. The van der Waals surface area contributed by atoms with Crippen LogP contribution < -0.4 is 9.64 Å². The Kier molecular flexibility index (Phi) is 2.83. The standard InChI is InChI=1S/C18H13N3O5/c22-13-5-11-15(6-14(13)23)25-8-18(11)10-3-1-2-4-12(10)21(17(18)24)7-16-19-9-26-20-16/h1-6,9,22-23H,7-8H2. The molecule has 0 saturated heterocycles. The summed E-state index contributed by atoms with van der Waals surface area (Å²) in [5.74, 6) is -0.0196. The number of ether oxygens (including phenoxy) is 1. The van der Waals surface area contributed by atoms with Crippen molar-refractivity contribution in [3.8, 4) is 17.2 Å². The maximum Gasteiger partial charge on any atom is 0.246 e. The number of fused-ring (bicyclic) bond motifs is 4. The zero-order valence-electron chi connectivity index (χ0n) is 13.4. The van der Waals surface area contributed by atoms with Crippen LogP contribution in [0.4, 0.5) is 5.69 Å². The van der Waals surface area contributed by atoms with Crippen LogP contribution >= 0.6 is 0 Å². The minimum atomic E-state index is -1.08. The molecule has 8 nitrogen and oxygen atoms in total. The average Bonchev–Trinajstić information content (AvgIpc) is 3.33. The Labute approximate surface area is 147 Å². The second kappa shape index (κ2) is 4.98.